The Morgan fingerprint density at radius 3 is 1.30 bits per heavy atom. The van der Waals surface area contributed by atoms with E-state index in [-0.39, 0.29) is 0 Å². The summed E-state index contributed by atoms with van der Waals surface area (Å²) < 4.78 is 6.28. The van der Waals surface area contributed by atoms with E-state index in [2.05, 4.69) is 127 Å². The van der Waals surface area contributed by atoms with Gasteiger partial charge in [-0.05, 0) is 80.6 Å². The molecule has 2 aromatic heterocycles. The van der Waals surface area contributed by atoms with Crippen LogP contribution in [0.5, 0.6) is 0 Å². The lowest BCUT2D eigenvalue weighted by Gasteiger charge is -2.11. The molecule has 0 radical (unpaired) electrons. The van der Waals surface area contributed by atoms with Gasteiger partial charge in [0.2, 0.25) is 0 Å². The highest BCUT2D eigenvalue weighted by Crippen LogP contribution is 2.38. The molecule has 0 spiro atoms. The number of hydrogen-bond acceptors (Lipinski definition) is 4. The quantitative estimate of drug-likeness (QED) is 0.176. The van der Waals surface area contributed by atoms with E-state index in [0.29, 0.717) is 17.5 Å². The van der Waals surface area contributed by atoms with Crippen LogP contribution < -0.4 is 0 Å². The van der Waals surface area contributed by atoms with Crippen LogP contribution in [0.4, 0.5) is 0 Å². The van der Waals surface area contributed by atoms with Crippen molar-refractivity contribution in [2.45, 2.75) is 0 Å². The van der Waals surface area contributed by atoms with E-state index in [0.717, 1.165) is 72.0 Å². The maximum Gasteiger partial charge on any atom is 0.164 e. The third-order valence-electron chi connectivity index (χ3n) is 9.90. The zero-order chi connectivity index (χ0) is 35.1. The summed E-state index contributed by atoms with van der Waals surface area (Å²) in [6, 6.07) is 65.3. The molecule has 0 aliphatic carbocycles. The highest BCUT2D eigenvalue weighted by atomic mass is 16.3. The molecule has 10 aromatic rings. The lowest BCUT2D eigenvalue weighted by Crippen LogP contribution is -2.00. The molecular formula is C49H31N3O. The van der Waals surface area contributed by atoms with Crippen molar-refractivity contribution in [1.82, 2.24) is 15.0 Å². The van der Waals surface area contributed by atoms with Crippen molar-refractivity contribution in [2.75, 3.05) is 0 Å². The van der Waals surface area contributed by atoms with Crippen LogP contribution in [0.15, 0.2) is 192 Å². The Kier molecular flexibility index (Phi) is 7.43. The van der Waals surface area contributed by atoms with Gasteiger partial charge in [0.05, 0.1) is 0 Å². The summed E-state index contributed by atoms with van der Waals surface area (Å²) >= 11 is 0. The van der Waals surface area contributed by atoms with Crippen molar-refractivity contribution in [3.05, 3.63) is 188 Å². The molecule has 0 saturated heterocycles. The summed E-state index contributed by atoms with van der Waals surface area (Å²) in [7, 11) is 0. The van der Waals surface area contributed by atoms with E-state index in [1.165, 1.54) is 10.8 Å². The standard InChI is InChI=1S/C49H31N3O/c1-3-13-33(14-4-1)47-50-48(34-15-5-2-6-16-34)52-49(51-47)41-22-11-21-39(30-41)37-19-9-17-35(28-37)36-18-10-20-38(29-36)40-25-26-44-43(31-40)46-42-23-8-7-12-32(42)24-27-45(46)53-44/h1-31H. The SMILES string of the molecule is c1ccc(-c2nc(-c3ccccc3)nc(-c3cccc(-c4cccc(-c5cccc(-c6ccc7oc8ccc9ccccc9c8c7c6)c5)c4)c3)n2)cc1. The highest BCUT2D eigenvalue weighted by molar-refractivity contribution is 6.19. The first kappa shape index (κ1) is 30.6. The summed E-state index contributed by atoms with van der Waals surface area (Å²) in [4.78, 5) is 14.8. The van der Waals surface area contributed by atoms with Crippen LogP contribution in [-0.4, -0.2) is 15.0 Å². The minimum Gasteiger partial charge on any atom is -0.456 e. The van der Waals surface area contributed by atoms with Gasteiger partial charge in [0, 0.05) is 27.5 Å². The van der Waals surface area contributed by atoms with Crippen LogP contribution in [-0.2, 0) is 0 Å². The third-order valence-corrected chi connectivity index (χ3v) is 9.90. The molecule has 0 amide bonds. The van der Waals surface area contributed by atoms with Crippen molar-refractivity contribution in [3.63, 3.8) is 0 Å². The minimum atomic E-state index is 0.638. The average Bonchev–Trinajstić information content (AvgIpc) is 3.63. The number of fused-ring (bicyclic) bond motifs is 5. The normalized spacial score (nSPS) is 11.4. The van der Waals surface area contributed by atoms with Crippen molar-refractivity contribution < 1.29 is 4.42 Å². The molecule has 10 rings (SSSR count). The van der Waals surface area contributed by atoms with Crippen LogP contribution in [0.1, 0.15) is 0 Å². The fourth-order valence-electron chi connectivity index (χ4n) is 7.26. The first-order valence-electron chi connectivity index (χ1n) is 17.8. The van der Waals surface area contributed by atoms with E-state index in [9.17, 15) is 0 Å². The number of nitrogens with zero attached hydrogens (tertiary/aromatic N) is 3. The molecule has 0 unspecified atom stereocenters. The van der Waals surface area contributed by atoms with Crippen molar-refractivity contribution >= 4 is 32.7 Å². The van der Waals surface area contributed by atoms with Gasteiger partial charge in [-0.2, -0.15) is 0 Å². The number of benzene rings is 8. The summed E-state index contributed by atoms with van der Waals surface area (Å²) in [6.07, 6.45) is 0. The Balaban J connectivity index is 1.01. The Bertz CT molecular complexity index is 2890. The van der Waals surface area contributed by atoms with Crippen LogP contribution in [0.3, 0.4) is 0 Å². The molecule has 0 aliphatic heterocycles. The topological polar surface area (TPSA) is 51.8 Å². The highest BCUT2D eigenvalue weighted by Gasteiger charge is 2.15. The monoisotopic (exact) mass is 677 g/mol. The van der Waals surface area contributed by atoms with Crippen molar-refractivity contribution in [3.8, 4) is 67.5 Å². The number of aromatic nitrogens is 3. The predicted octanol–water partition coefficient (Wildman–Crippen LogP) is 12.9. The molecule has 0 atom stereocenters. The molecule has 0 aliphatic rings. The van der Waals surface area contributed by atoms with Gasteiger partial charge in [-0.25, -0.2) is 15.0 Å². The second-order valence-electron chi connectivity index (χ2n) is 13.3. The van der Waals surface area contributed by atoms with E-state index < -0.39 is 0 Å². The average molecular weight is 678 g/mol. The molecule has 0 fully saturated rings. The van der Waals surface area contributed by atoms with Gasteiger partial charge >= 0.3 is 0 Å². The van der Waals surface area contributed by atoms with E-state index >= 15 is 0 Å². The van der Waals surface area contributed by atoms with Crippen molar-refractivity contribution in [2.24, 2.45) is 0 Å². The molecular weight excluding hydrogens is 647 g/mol. The number of rotatable bonds is 6. The van der Waals surface area contributed by atoms with Gasteiger partial charge in [0.15, 0.2) is 17.5 Å². The molecule has 4 nitrogen and oxygen atoms in total. The predicted molar refractivity (Wildman–Crippen MR) is 217 cm³/mol. The lowest BCUT2D eigenvalue weighted by molar-refractivity contribution is 0.669. The number of furan rings is 1. The van der Waals surface area contributed by atoms with Crippen molar-refractivity contribution in [1.29, 1.82) is 0 Å². The first-order chi connectivity index (χ1) is 26.2. The molecule has 53 heavy (non-hydrogen) atoms. The van der Waals surface area contributed by atoms with E-state index in [1.807, 2.05) is 60.7 Å². The van der Waals surface area contributed by atoms with E-state index in [4.69, 9.17) is 19.4 Å². The summed E-state index contributed by atoms with van der Waals surface area (Å²) in [5.41, 5.74) is 11.5. The fourth-order valence-corrected chi connectivity index (χ4v) is 7.26. The minimum absolute atomic E-state index is 0.638. The molecule has 8 aromatic carbocycles. The summed E-state index contributed by atoms with van der Waals surface area (Å²) in [5.74, 6) is 1.93. The molecule has 4 heteroatoms. The Hall–Kier alpha value is -7.17. The zero-order valence-electron chi connectivity index (χ0n) is 28.6. The molecule has 0 saturated carbocycles. The van der Waals surface area contributed by atoms with Crippen LogP contribution >= 0.6 is 0 Å². The van der Waals surface area contributed by atoms with Crippen LogP contribution in [0, 0.1) is 0 Å². The van der Waals surface area contributed by atoms with Crippen LogP contribution in [0.25, 0.3) is 100 Å². The van der Waals surface area contributed by atoms with Gasteiger partial charge in [-0.3, -0.25) is 0 Å². The first-order valence-corrected chi connectivity index (χ1v) is 17.8. The maximum atomic E-state index is 6.28. The van der Waals surface area contributed by atoms with Crippen LogP contribution in [0.2, 0.25) is 0 Å². The van der Waals surface area contributed by atoms with Gasteiger partial charge in [0.25, 0.3) is 0 Å². The van der Waals surface area contributed by atoms with Gasteiger partial charge < -0.3 is 4.42 Å². The Morgan fingerprint density at radius 1 is 0.283 bits per heavy atom. The second kappa shape index (κ2) is 12.9. The number of hydrogen-bond donors (Lipinski definition) is 0. The third kappa shape index (κ3) is 5.73. The van der Waals surface area contributed by atoms with E-state index in [1.54, 1.807) is 0 Å². The molecule has 0 N–H and O–H groups in total. The zero-order valence-corrected chi connectivity index (χ0v) is 28.6. The molecule has 0 bridgehead atoms. The summed E-state index contributed by atoms with van der Waals surface area (Å²) in [5, 5.41) is 4.71. The lowest BCUT2D eigenvalue weighted by atomic mass is 9.95. The summed E-state index contributed by atoms with van der Waals surface area (Å²) in [6.45, 7) is 0. The molecule has 2 heterocycles. The Morgan fingerprint density at radius 2 is 0.717 bits per heavy atom. The second-order valence-corrected chi connectivity index (χ2v) is 13.3. The maximum absolute atomic E-state index is 6.28. The smallest absolute Gasteiger partial charge is 0.164 e. The van der Waals surface area contributed by atoms with Gasteiger partial charge in [-0.1, -0.05) is 152 Å². The molecule has 248 valence electrons. The Labute approximate surface area is 306 Å². The fraction of sp³-hybridized carbons (Fsp3) is 0. The largest absolute Gasteiger partial charge is 0.456 e. The van der Waals surface area contributed by atoms with Gasteiger partial charge in [-0.15, -0.1) is 0 Å². The van der Waals surface area contributed by atoms with Gasteiger partial charge in [0.1, 0.15) is 11.2 Å².